The largest absolute Gasteiger partial charge is 0.496 e. The van der Waals surface area contributed by atoms with Gasteiger partial charge in [0.25, 0.3) is 0 Å². The molecule has 0 saturated heterocycles. The number of rotatable bonds is 7. The molecule has 1 aromatic heterocycles. The quantitative estimate of drug-likeness (QED) is 0.632. The van der Waals surface area contributed by atoms with Gasteiger partial charge in [0.2, 0.25) is 0 Å². The van der Waals surface area contributed by atoms with Gasteiger partial charge >= 0.3 is 5.97 Å². The average molecular weight is 379 g/mol. The second-order valence-corrected chi connectivity index (χ2v) is 6.19. The van der Waals surface area contributed by atoms with E-state index in [0.29, 0.717) is 34.6 Å². The van der Waals surface area contributed by atoms with Gasteiger partial charge in [0.1, 0.15) is 22.8 Å². The van der Waals surface area contributed by atoms with E-state index in [1.165, 1.54) is 7.11 Å². The Kier molecular flexibility index (Phi) is 5.80. The van der Waals surface area contributed by atoms with Crippen LogP contribution < -0.4 is 9.47 Å². The van der Waals surface area contributed by atoms with Crippen LogP contribution in [0.1, 0.15) is 29.3 Å². The number of nitrogens with zero attached hydrogens (tertiary/aromatic N) is 2. The number of fused-ring (bicyclic) bond motifs is 1. The molecule has 0 amide bonds. The zero-order valence-corrected chi connectivity index (χ0v) is 16.0. The number of ether oxygens (including phenoxy) is 3. The molecule has 0 spiro atoms. The fourth-order valence-corrected chi connectivity index (χ4v) is 3.26. The first kappa shape index (κ1) is 19.2. The normalized spacial score (nSPS) is 11.6. The first-order valence-corrected chi connectivity index (χ1v) is 8.75. The van der Waals surface area contributed by atoms with E-state index in [4.69, 9.17) is 24.5 Å². The fraction of sp³-hybridized carbons (Fsp3) is 0.286. The number of hydrogen-bond donors (Lipinski definition) is 1. The molecule has 3 aromatic rings. The minimum atomic E-state index is -0.717. The number of esters is 1. The van der Waals surface area contributed by atoms with E-state index in [1.54, 1.807) is 26.4 Å². The Morgan fingerprint density at radius 3 is 2.57 bits per heavy atom. The highest BCUT2D eigenvalue weighted by atomic mass is 16.5. The lowest BCUT2D eigenvalue weighted by molar-refractivity contribution is -0.142. The van der Waals surface area contributed by atoms with E-state index in [2.05, 4.69) is 4.98 Å². The molecule has 7 heteroatoms. The average Bonchev–Trinajstić information content (AvgIpc) is 3.15. The maximum atomic E-state index is 12.2. The summed E-state index contributed by atoms with van der Waals surface area (Å²) in [5.74, 6) is 0.893. The van der Waals surface area contributed by atoms with Crippen molar-refractivity contribution in [3.05, 3.63) is 53.3 Å². The van der Waals surface area contributed by atoms with Gasteiger partial charge in [0.15, 0.2) is 0 Å². The predicted octanol–water partition coefficient (Wildman–Crippen LogP) is 3.34. The van der Waals surface area contributed by atoms with E-state index in [0.717, 1.165) is 11.3 Å². The van der Waals surface area contributed by atoms with Gasteiger partial charge in [-0.3, -0.25) is 4.79 Å². The molecular weight excluding hydrogens is 358 g/mol. The molecule has 0 aliphatic heterocycles. The standard InChI is InChI=1S/C21H21N3O4/c1-26-16-7-5-4-6-13(16)12-18-23-19-14(15(10-11-22)21(25)28-3)8-9-17(27-2)20(19)24-18/h4-9,15H,10,12H2,1-3H3,(H,23,24). The van der Waals surface area contributed by atoms with Gasteiger partial charge in [-0.05, 0) is 17.7 Å². The van der Waals surface area contributed by atoms with E-state index in [-0.39, 0.29) is 6.42 Å². The van der Waals surface area contributed by atoms with E-state index < -0.39 is 11.9 Å². The number of para-hydroxylation sites is 1. The van der Waals surface area contributed by atoms with Gasteiger partial charge in [0, 0.05) is 12.0 Å². The second-order valence-electron chi connectivity index (χ2n) is 6.19. The van der Waals surface area contributed by atoms with Crippen LogP contribution in [0, 0.1) is 11.3 Å². The summed E-state index contributed by atoms with van der Waals surface area (Å²) in [7, 11) is 4.51. The first-order chi connectivity index (χ1) is 13.6. The Hall–Kier alpha value is -3.53. The summed E-state index contributed by atoms with van der Waals surface area (Å²) in [5.41, 5.74) is 2.88. The monoisotopic (exact) mass is 379 g/mol. The van der Waals surface area contributed by atoms with Gasteiger partial charge in [-0.15, -0.1) is 0 Å². The number of H-pyrrole nitrogens is 1. The second kappa shape index (κ2) is 8.44. The summed E-state index contributed by atoms with van der Waals surface area (Å²) in [6.07, 6.45) is 0.519. The molecule has 1 N–H and O–H groups in total. The summed E-state index contributed by atoms with van der Waals surface area (Å²) in [4.78, 5) is 20.2. The maximum absolute atomic E-state index is 12.2. The van der Waals surface area contributed by atoms with Crippen LogP contribution in [-0.4, -0.2) is 37.3 Å². The molecule has 2 aromatic carbocycles. The van der Waals surface area contributed by atoms with Crippen LogP contribution in [0.15, 0.2) is 36.4 Å². The van der Waals surface area contributed by atoms with E-state index in [9.17, 15) is 4.79 Å². The van der Waals surface area contributed by atoms with Crippen LogP contribution in [0.25, 0.3) is 11.0 Å². The molecule has 0 fully saturated rings. The lowest BCUT2D eigenvalue weighted by atomic mass is 9.95. The summed E-state index contributed by atoms with van der Waals surface area (Å²) in [6, 6.07) is 13.3. The van der Waals surface area contributed by atoms with Gasteiger partial charge in [-0.2, -0.15) is 5.26 Å². The molecule has 1 atom stereocenters. The van der Waals surface area contributed by atoms with Gasteiger partial charge < -0.3 is 19.2 Å². The van der Waals surface area contributed by atoms with Crippen LogP contribution in [0.5, 0.6) is 11.5 Å². The Morgan fingerprint density at radius 1 is 1.14 bits per heavy atom. The Morgan fingerprint density at radius 2 is 1.89 bits per heavy atom. The van der Waals surface area contributed by atoms with Crippen molar-refractivity contribution in [2.75, 3.05) is 21.3 Å². The zero-order chi connectivity index (χ0) is 20.1. The Bertz CT molecular complexity index is 1040. The highest BCUT2D eigenvalue weighted by Crippen LogP contribution is 2.33. The van der Waals surface area contributed by atoms with Crippen LogP contribution in [-0.2, 0) is 16.0 Å². The highest BCUT2D eigenvalue weighted by molar-refractivity contribution is 5.90. The van der Waals surface area contributed by atoms with Crippen LogP contribution in [0.2, 0.25) is 0 Å². The molecule has 0 saturated carbocycles. The number of aromatic nitrogens is 2. The third-order valence-electron chi connectivity index (χ3n) is 4.61. The predicted molar refractivity (Wildman–Crippen MR) is 103 cm³/mol. The third-order valence-corrected chi connectivity index (χ3v) is 4.61. The number of carbonyl (C=O) groups excluding carboxylic acids is 1. The number of imidazole rings is 1. The van der Waals surface area contributed by atoms with Crippen LogP contribution in [0.3, 0.4) is 0 Å². The van der Waals surface area contributed by atoms with Crippen molar-refractivity contribution in [2.45, 2.75) is 18.8 Å². The van der Waals surface area contributed by atoms with Crippen molar-refractivity contribution < 1.29 is 19.0 Å². The minimum absolute atomic E-state index is 0.00278. The van der Waals surface area contributed by atoms with Crippen molar-refractivity contribution in [2.24, 2.45) is 0 Å². The van der Waals surface area contributed by atoms with Crippen LogP contribution >= 0.6 is 0 Å². The lowest BCUT2D eigenvalue weighted by Gasteiger charge is -2.13. The number of aromatic amines is 1. The molecule has 144 valence electrons. The number of carbonyl (C=O) groups is 1. The van der Waals surface area contributed by atoms with E-state index >= 15 is 0 Å². The molecule has 1 unspecified atom stereocenters. The van der Waals surface area contributed by atoms with Crippen molar-refractivity contribution in [3.63, 3.8) is 0 Å². The third kappa shape index (κ3) is 3.62. The van der Waals surface area contributed by atoms with Gasteiger partial charge in [0.05, 0.1) is 45.3 Å². The number of benzene rings is 2. The molecular formula is C21H21N3O4. The molecule has 28 heavy (non-hydrogen) atoms. The van der Waals surface area contributed by atoms with Crippen molar-refractivity contribution in [3.8, 4) is 17.6 Å². The summed E-state index contributed by atoms with van der Waals surface area (Å²) < 4.78 is 15.7. The molecule has 0 bridgehead atoms. The number of methoxy groups -OCH3 is 3. The number of hydrogen-bond acceptors (Lipinski definition) is 6. The van der Waals surface area contributed by atoms with Crippen LogP contribution in [0.4, 0.5) is 0 Å². The molecule has 0 radical (unpaired) electrons. The summed E-state index contributed by atoms with van der Waals surface area (Å²) in [5, 5.41) is 9.15. The Labute approximate surface area is 162 Å². The summed E-state index contributed by atoms with van der Waals surface area (Å²) in [6.45, 7) is 0. The fourth-order valence-electron chi connectivity index (χ4n) is 3.26. The van der Waals surface area contributed by atoms with Gasteiger partial charge in [-0.1, -0.05) is 24.3 Å². The maximum Gasteiger partial charge on any atom is 0.314 e. The number of nitrogens with one attached hydrogen (secondary N) is 1. The smallest absolute Gasteiger partial charge is 0.314 e. The van der Waals surface area contributed by atoms with Gasteiger partial charge in [-0.25, -0.2) is 4.98 Å². The lowest BCUT2D eigenvalue weighted by Crippen LogP contribution is -2.14. The number of nitriles is 1. The van der Waals surface area contributed by atoms with Crippen molar-refractivity contribution in [1.29, 1.82) is 5.26 Å². The SMILES string of the molecule is COC(=O)C(CC#N)c1ccc(OC)c2[nH]c(Cc3ccccc3OC)nc12. The molecule has 1 heterocycles. The topological polar surface area (TPSA) is 97.2 Å². The molecule has 0 aliphatic rings. The summed E-state index contributed by atoms with van der Waals surface area (Å²) >= 11 is 0. The molecule has 3 rings (SSSR count). The zero-order valence-electron chi connectivity index (χ0n) is 16.0. The highest BCUT2D eigenvalue weighted by Gasteiger charge is 2.26. The first-order valence-electron chi connectivity index (χ1n) is 8.75. The minimum Gasteiger partial charge on any atom is -0.496 e. The molecule has 7 nitrogen and oxygen atoms in total. The van der Waals surface area contributed by atoms with Crippen molar-refractivity contribution in [1.82, 2.24) is 9.97 Å². The molecule has 0 aliphatic carbocycles. The Balaban J connectivity index is 2.10. The van der Waals surface area contributed by atoms with E-state index in [1.807, 2.05) is 30.3 Å². The van der Waals surface area contributed by atoms with Crippen molar-refractivity contribution >= 4 is 17.0 Å².